The van der Waals surface area contributed by atoms with E-state index in [-0.39, 0.29) is 11.1 Å². The van der Waals surface area contributed by atoms with Crippen LogP contribution in [0.25, 0.3) is 10.9 Å². The monoisotopic (exact) mass is 442 g/mol. The molecule has 7 nitrogen and oxygen atoms in total. The Morgan fingerprint density at radius 1 is 1.19 bits per heavy atom. The molecule has 0 saturated heterocycles. The average Bonchev–Trinajstić information content (AvgIpc) is 2.88. The first-order chi connectivity index (χ1) is 12.7. The van der Waals surface area contributed by atoms with Gasteiger partial charge >= 0.3 is 12.4 Å². The van der Waals surface area contributed by atoms with Crippen molar-refractivity contribution in [3.8, 4) is 11.6 Å². The SMILES string of the molecule is O=C(N=Nc1c(O)[nH]c2ccc(OC(F)(F)F)cc12)Nc1ccc(Br)cc1. The minimum Gasteiger partial charge on any atom is -0.493 e. The van der Waals surface area contributed by atoms with E-state index >= 15 is 0 Å². The zero-order chi connectivity index (χ0) is 19.6. The maximum atomic E-state index is 12.4. The number of amides is 2. The lowest BCUT2D eigenvalue weighted by atomic mass is 10.2. The molecule has 0 aliphatic carbocycles. The molecule has 0 bridgehead atoms. The van der Waals surface area contributed by atoms with Crippen molar-refractivity contribution < 1.29 is 27.8 Å². The number of H-pyrrole nitrogens is 1. The number of anilines is 1. The smallest absolute Gasteiger partial charge is 0.493 e. The van der Waals surface area contributed by atoms with Gasteiger partial charge in [0.25, 0.3) is 0 Å². The molecule has 3 rings (SSSR count). The third kappa shape index (κ3) is 4.76. The van der Waals surface area contributed by atoms with E-state index in [0.29, 0.717) is 11.2 Å². The number of aromatic hydroxyl groups is 1. The second-order valence-corrected chi connectivity index (χ2v) is 6.13. The summed E-state index contributed by atoms with van der Waals surface area (Å²) in [4.78, 5) is 14.4. The van der Waals surface area contributed by atoms with E-state index in [1.165, 1.54) is 6.07 Å². The largest absolute Gasteiger partial charge is 0.573 e. The van der Waals surface area contributed by atoms with Gasteiger partial charge in [-0.2, -0.15) is 0 Å². The van der Waals surface area contributed by atoms with Crippen LogP contribution in [-0.4, -0.2) is 22.5 Å². The van der Waals surface area contributed by atoms with E-state index in [9.17, 15) is 23.1 Å². The van der Waals surface area contributed by atoms with Crippen LogP contribution in [0.3, 0.4) is 0 Å². The first-order valence-electron chi connectivity index (χ1n) is 7.30. The highest BCUT2D eigenvalue weighted by Crippen LogP contribution is 2.38. The Hall–Kier alpha value is -3.08. The van der Waals surface area contributed by atoms with Crippen LogP contribution in [0.15, 0.2) is 57.2 Å². The number of ether oxygens (including phenoxy) is 1. The number of halogens is 4. The normalized spacial score (nSPS) is 11.9. The number of rotatable bonds is 3. The van der Waals surface area contributed by atoms with Crippen molar-refractivity contribution in [2.75, 3.05) is 5.32 Å². The Labute approximate surface area is 158 Å². The lowest BCUT2D eigenvalue weighted by molar-refractivity contribution is -0.274. The molecule has 0 saturated carbocycles. The van der Waals surface area contributed by atoms with E-state index < -0.39 is 24.0 Å². The van der Waals surface area contributed by atoms with E-state index in [1.807, 2.05) is 0 Å². The summed E-state index contributed by atoms with van der Waals surface area (Å²) in [7, 11) is 0. The third-order valence-corrected chi connectivity index (χ3v) is 3.82. The molecule has 0 spiro atoms. The van der Waals surface area contributed by atoms with Crippen molar-refractivity contribution in [1.29, 1.82) is 0 Å². The van der Waals surface area contributed by atoms with Gasteiger partial charge in [0, 0.05) is 15.5 Å². The van der Waals surface area contributed by atoms with Crippen LogP contribution >= 0.6 is 15.9 Å². The van der Waals surface area contributed by atoms with Gasteiger partial charge in [-0.15, -0.1) is 18.3 Å². The first kappa shape index (κ1) is 18.7. The number of azo groups is 1. The van der Waals surface area contributed by atoms with E-state index in [0.717, 1.165) is 16.6 Å². The Morgan fingerprint density at radius 2 is 1.89 bits per heavy atom. The summed E-state index contributed by atoms with van der Waals surface area (Å²) in [5.41, 5.74) is 0.569. The Balaban J connectivity index is 1.83. The van der Waals surface area contributed by atoms with E-state index in [4.69, 9.17) is 0 Å². The van der Waals surface area contributed by atoms with Crippen LogP contribution in [-0.2, 0) is 0 Å². The van der Waals surface area contributed by atoms with Gasteiger partial charge in [-0.25, -0.2) is 4.79 Å². The minimum absolute atomic E-state index is 0.106. The van der Waals surface area contributed by atoms with Crippen LogP contribution in [0.4, 0.5) is 29.3 Å². The van der Waals surface area contributed by atoms with Crippen LogP contribution in [0.1, 0.15) is 0 Å². The lowest BCUT2D eigenvalue weighted by Crippen LogP contribution is -2.16. The number of nitrogens with one attached hydrogen (secondary N) is 2. The van der Waals surface area contributed by atoms with Crippen molar-refractivity contribution >= 4 is 44.2 Å². The topological polar surface area (TPSA) is 99.1 Å². The molecule has 0 aliphatic heterocycles. The summed E-state index contributed by atoms with van der Waals surface area (Å²) >= 11 is 3.26. The first-order valence-corrected chi connectivity index (χ1v) is 8.09. The highest BCUT2D eigenvalue weighted by atomic mass is 79.9. The fourth-order valence-corrected chi connectivity index (χ4v) is 2.48. The summed E-state index contributed by atoms with van der Waals surface area (Å²) in [6.07, 6.45) is -4.86. The summed E-state index contributed by atoms with van der Waals surface area (Å²) in [5, 5.41) is 19.5. The molecule has 11 heteroatoms. The third-order valence-electron chi connectivity index (χ3n) is 3.29. The molecular weight excluding hydrogens is 433 g/mol. The molecule has 0 radical (unpaired) electrons. The molecular formula is C16H10BrF3N4O3. The Morgan fingerprint density at radius 3 is 2.56 bits per heavy atom. The number of fused-ring (bicyclic) bond motifs is 1. The zero-order valence-electron chi connectivity index (χ0n) is 13.2. The number of aromatic amines is 1. The molecule has 27 heavy (non-hydrogen) atoms. The van der Waals surface area contributed by atoms with Crippen molar-refractivity contribution in [3.63, 3.8) is 0 Å². The number of hydrogen-bond donors (Lipinski definition) is 3. The number of alkyl halides is 3. The average molecular weight is 443 g/mol. The van der Waals surface area contributed by atoms with Crippen molar-refractivity contribution in [3.05, 3.63) is 46.9 Å². The van der Waals surface area contributed by atoms with Crippen LogP contribution in [0.5, 0.6) is 11.6 Å². The second-order valence-electron chi connectivity index (χ2n) is 5.21. The van der Waals surface area contributed by atoms with Crippen molar-refractivity contribution in [2.45, 2.75) is 6.36 Å². The summed E-state index contributed by atoms with van der Waals surface area (Å²) in [6.45, 7) is 0. The van der Waals surface area contributed by atoms with Crippen LogP contribution in [0, 0.1) is 0 Å². The maximum Gasteiger partial charge on any atom is 0.573 e. The zero-order valence-corrected chi connectivity index (χ0v) is 14.8. The van der Waals surface area contributed by atoms with Gasteiger partial charge in [0.05, 0.1) is 5.52 Å². The van der Waals surface area contributed by atoms with Gasteiger partial charge in [0.15, 0.2) is 5.69 Å². The molecule has 3 N–H and O–H groups in total. The number of nitrogens with zero attached hydrogens (tertiary/aromatic N) is 2. The molecule has 2 amide bonds. The molecule has 0 fully saturated rings. The number of aromatic nitrogens is 1. The fourth-order valence-electron chi connectivity index (χ4n) is 2.22. The summed E-state index contributed by atoms with van der Waals surface area (Å²) in [5.74, 6) is -0.945. The number of hydrogen-bond acceptors (Lipinski definition) is 4. The number of urea groups is 1. The number of carbonyl (C=O) groups excluding carboxylic acids is 1. The summed E-state index contributed by atoms with van der Waals surface area (Å²) in [6, 6.07) is 9.22. The molecule has 0 unspecified atom stereocenters. The van der Waals surface area contributed by atoms with Crippen LogP contribution < -0.4 is 10.1 Å². The predicted molar refractivity (Wildman–Crippen MR) is 94.3 cm³/mol. The Bertz CT molecular complexity index is 1020. The molecule has 1 heterocycles. The van der Waals surface area contributed by atoms with Gasteiger partial charge in [0.2, 0.25) is 5.88 Å². The maximum absolute atomic E-state index is 12.4. The van der Waals surface area contributed by atoms with Crippen molar-refractivity contribution in [1.82, 2.24) is 4.98 Å². The molecule has 1 aromatic heterocycles. The van der Waals surface area contributed by atoms with Crippen molar-refractivity contribution in [2.24, 2.45) is 10.2 Å². The van der Waals surface area contributed by atoms with Gasteiger partial charge < -0.3 is 20.1 Å². The molecule has 0 atom stereocenters. The number of benzene rings is 2. The quantitative estimate of drug-likeness (QED) is 0.443. The highest BCUT2D eigenvalue weighted by molar-refractivity contribution is 9.10. The van der Waals surface area contributed by atoms with Gasteiger partial charge in [0.1, 0.15) is 5.75 Å². The number of carbonyl (C=O) groups is 1. The minimum atomic E-state index is -4.86. The second kappa shape index (κ2) is 7.27. The molecule has 2 aromatic carbocycles. The van der Waals surface area contributed by atoms with Gasteiger partial charge in [-0.3, -0.25) is 0 Å². The molecule has 140 valence electrons. The molecule has 0 aliphatic rings. The lowest BCUT2D eigenvalue weighted by Gasteiger charge is -2.08. The molecule has 3 aromatic rings. The predicted octanol–water partition coefficient (Wildman–Crippen LogP) is 5.85. The standard InChI is InChI=1S/C16H10BrF3N4O3/c17-8-1-3-9(4-2-8)21-15(26)24-23-13-11-7-10(27-16(18,19)20)5-6-12(11)22-14(13)25/h1-7,22,25H,(H,21,26). The summed E-state index contributed by atoms with van der Waals surface area (Å²) < 4.78 is 41.7. The Kier molecular flexibility index (Phi) is 5.04. The van der Waals surface area contributed by atoms with E-state index in [2.05, 4.69) is 41.2 Å². The van der Waals surface area contributed by atoms with Gasteiger partial charge in [-0.05, 0) is 42.5 Å². The van der Waals surface area contributed by atoms with Gasteiger partial charge in [-0.1, -0.05) is 21.0 Å². The fraction of sp³-hybridized carbons (Fsp3) is 0.0625. The van der Waals surface area contributed by atoms with Crippen LogP contribution in [0.2, 0.25) is 0 Å². The van der Waals surface area contributed by atoms with E-state index in [1.54, 1.807) is 24.3 Å². The highest BCUT2D eigenvalue weighted by Gasteiger charge is 2.31.